The van der Waals surface area contributed by atoms with Gasteiger partial charge in [-0.2, -0.15) is 0 Å². The highest BCUT2D eigenvalue weighted by Gasteiger charge is 2.40. The van der Waals surface area contributed by atoms with E-state index in [0.717, 1.165) is 56.7 Å². The number of benzene rings is 1. The summed E-state index contributed by atoms with van der Waals surface area (Å²) >= 11 is 0. The molecule has 1 amide bonds. The molecule has 2 atom stereocenters. The molecular formula is C22H34FIN4O. The Bertz CT molecular complexity index is 702. The fraction of sp³-hybridized carbons (Fsp3) is 0.636. The van der Waals surface area contributed by atoms with E-state index in [0.29, 0.717) is 11.9 Å². The lowest BCUT2D eigenvalue weighted by atomic mass is 9.98. The van der Waals surface area contributed by atoms with Gasteiger partial charge in [-0.25, -0.2) is 4.39 Å². The van der Waals surface area contributed by atoms with Gasteiger partial charge in [0.25, 0.3) is 0 Å². The summed E-state index contributed by atoms with van der Waals surface area (Å²) in [7, 11) is 1.77. The molecule has 29 heavy (non-hydrogen) atoms. The molecule has 162 valence electrons. The van der Waals surface area contributed by atoms with Crippen LogP contribution in [0, 0.1) is 11.7 Å². The standard InChI is InChI=1S/C22H33FN4O.HI/c1-4-15(5-2)21(28)27-12-10-16(11-13-27)25-22(24-3)26-20-14-18(20)17-8-6-7-9-19(17)23;/h6-9,15-16,18,20H,4-5,10-14H2,1-3H3,(H2,24,25,26);1H. The molecule has 1 aliphatic carbocycles. The number of hydrogen-bond donors (Lipinski definition) is 2. The number of aliphatic imine (C=N–C) groups is 1. The number of amides is 1. The van der Waals surface area contributed by atoms with Crippen LogP contribution in [-0.4, -0.2) is 49.0 Å². The van der Waals surface area contributed by atoms with E-state index < -0.39 is 0 Å². The zero-order valence-corrected chi connectivity index (χ0v) is 20.0. The molecule has 3 rings (SSSR count). The second-order valence-electron chi connectivity index (χ2n) is 7.94. The Hall–Kier alpha value is -1.38. The number of rotatable bonds is 6. The number of nitrogens with one attached hydrogen (secondary N) is 2. The Morgan fingerprint density at radius 2 is 1.86 bits per heavy atom. The third-order valence-electron chi connectivity index (χ3n) is 6.12. The molecule has 7 heteroatoms. The van der Waals surface area contributed by atoms with Gasteiger partial charge in [0.2, 0.25) is 5.91 Å². The highest BCUT2D eigenvalue weighted by atomic mass is 127. The van der Waals surface area contributed by atoms with Crippen molar-refractivity contribution in [2.75, 3.05) is 20.1 Å². The average molecular weight is 516 g/mol. The lowest BCUT2D eigenvalue weighted by Gasteiger charge is -2.35. The largest absolute Gasteiger partial charge is 0.354 e. The Morgan fingerprint density at radius 1 is 1.21 bits per heavy atom. The van der Waals surface area contributed by atoms with Crippen LogP contribution in [0.4, 0.5) is 4.39 Å². The first-order chi connectivity index (χ1) is 13.6. The maximum Gasteiger partial charge on any atom is 0.225 e. The summed E-state index contributed by atoms with van der Waals surface area (Å²) in [5.41, 5.74) is 0.781. The molecule has 1 saturated heterocycles. The maximum absolute atomic E-state index is 13.9. The molecule has 0 aromatic heterocycles. The van der Waals surface area contributed by atoms with E-state index in [1.165, 1.54) is 6.07 Å². The smallest absolute Gasteiger partial charge is 0.225 e. The molecule has 2 fully saturated rings. The molecule has 2 aliphatic rings. The van der Waals surface area contributed by atoms with Crippen LogP contribution in [0.25, 0.3) is 0 Å². The quantitative estimate of drug-likeness (QED) is 0.343. The SMILES string of the molecule is CCC(CC)C(=O)N1CCC(NC(=NC)NC2CC2c2ccccc2F)CC1.I. The predicted molar refractivity (Wildman–Crippen MR) is 126 cm³/mol. The Labute approximate surface area is 190 Å². The summed E-state index contributed by atoms with van der Waals surface area (Å²) in [5, 5.41) is 6.91. The fourth-order valence-electron chi connectivity index (χ4n) is 4.15. The number of carbonyl (C=O) groups excluding carboxylic acids is 1. The minimum absolute atomic E-state index is 0. The van der Waals surface area contributed by atoms with Crippen LogP contribution in [0.15, 0.2) is 29.3 Å². The number of guanidine groups is 1. The molecule has 5 nitrogen and oxygen atoms in total. The highest BCUT2D eigenvalue weighted by molar-refractivity contribution is 14.0. The first kappa shape index (κ1) is 23.9. The van der Waals surface area contributed by atoms with Crippen molar-refractivity contribution in [2.45, 2.75) is 64.0 Å². The Morgan fingerprint density at radius 3 is 2.45 bits per heavy atom. The monoisotopic (exact) mass is 516 g/mol. The number of piperidine rings is 1. The zero-order valence-electron chi connectivity index (χ0n) is 17.7. The van der Waals surface area contributed by atoms with Gasteiger partial charge in [0.05, 0.1) is 0 Å². The topological polar surface area (TPSA) is 56.7 Å². The summed E-state index contributed by atoms with van der Waals surface area (Å²) in [6.45, 7) is 5.77. The van der Waals surface area contributed by atoms with Gasteiger partial charge in [0, 0.05) is 44.1 Å². The number of halogens is 2. The van der Waals surface area contributed by atoms with Crippen molar-refractivity contribution in [2.24, 2.45) is 10.9 Å². The van der Waals surface area contributed by atoms with Crippen LogP contribution >= 0.6 is 24.0 Å². The molecule has 0 spiro atoms. The number of likely N-dealkylation sites (tertiary alicyclic amines) is 1. The van der Waals surface area contributed by atoms with E-state index >= 15 is 0 Å². The molecule has 1 aromatic rings. The number of nitrogens with zero attached hydrogens (tertiary/aromatic N) is 2. The molecule has 1 saturated carbocycles. The van der Waals surface area contributed by atoms with Crippen molar-refractivity contribution < 1.29 is 9.18 Å². The lowest BCUT2D eigenvalue weighted by Crippen LogP contribution is -2.51. The van der Waals surface area contributed by atoms with Gasteiger partial charge in [-0.15, -0.1) is 24.0 Å². The predicted octanol–water partition coefficient (Wildman–Crippen LogP) is 3.89. The molecule has 2 N–H and O–H groups in total. The Balaban J connectivity index is 0.00000300. The van der Waals surface area contributed by atoms with Gasteiger partial charge in [-0.05, 0) is 43.7 Å². The summed E-state index contributed by atoms with van der Waals surface area (Å²) in [5.74, 6) is 1.31. The zero-order chi connectivity index (χ0) is 20.1. The van der Waals surface area contributed by atoms with E-state index in [1.807, 2.05) is 17.0 Å². The van der Waals surface area contributed by atoms with Gasteiger partial charge in [-0.3, -0.25) is 9.79 Å². The van der Waals surface area contributed by atoms with E-state index in [2.05, 4.69) is 29.5 Å². The first-order valence-corrected chi connectivity index (χ1v) is 10.6. The van der Waals surface area contributed by atoms with Crippen molar-refractivity contribution >= 4 is 35.8 Å². The third kappa shape index (κ3) is 6.06. The molecule has 1 aliphatic heterocycles. The van der Waals surface area contributed by atoms with Gasteiger partial charge in [0.15, 0.2) is 5.96 Å². The lowest BCUT2D eigenvalue weighted by molar-refractivity contribution is -0.136. The van der Waals surface area contributed by atoms with E-state index in [1.54, 1.807) is 13.1 Å². The van der Waals surface area contributed by atoms with Crippen LogP contribution in [0.1, 0.15) is 57.4 Å². The van der Waals surface area contributed by atoms with E-state index in [4.69, 9.17) is 0 Å². The summed E-state index contributed by atoms with van der Waals surface area (Å²) < 4.78 is 13.9. The highest BCUT2D eigenvalue weighted by Crippen LogP contribution is 2.41. The third-order valence-corrected chi connectivity index (χ3v) is 6.12. The van der Waals surface area contributed by atoms with Crippen molar-refractivity contribution in [3.8, 4) is 0 Å². The van der Waals surface area contributed by atoms with E-state index in [9.17, 15) is 9.18 Å². The van der Waals surface area contributed by atoms with Crippen molar-refractivity contribution in [1.29, 1.82) is 0 Å². The van der Waals surface area contributed by atoms with Crippen LogP contribution in [0.3, 0.4) is 0 Å². The second kappa shape index (κ2) is 11.1. The number of hydrogen-bond acceptors (Lipinski definition) is 2. The molecule has 1 heterocycles. The molecule has 0 radical (unpaired) electrons. The van der Waals surface area contributed by atoms with Gasteiger partial charge in [-0.1, -0.05) is 32.0 Å². The van der Waals surface area contributed by atoms with E-state index in [-0.39, 0.29) is 47.7 Å². The van der Waals surface area contributed by atoms with Crippen molar-refractivity contribution in [3.05, 3.63) is 35.6 Å². The molecule has 1 aromatic carbocycles. The maximum atomic E-state index is 13.9. The van der Waals surface area contributed by atoms with Gasteiger partial charge < -0.3 is 15.5 Å². The van der Waals surface area contributed by atoms with Gasteiger partial charge >= 0.3 is 0 Å². The van der Waals surface area contributed by atoms with Crippen LogP contribution in [0.2, 0.25) is 0 Å². The fourth-order valence-corrected chi connectivity index (χ4v) is 4.15. The summed E-state index contributed by atoms with van der Waals surface area (Å²) in [4.78, 5) is 18.9. The summed E-state index contributed by atoms with van der Waals surface area (Å²) in [6, 6.07) is 7.53. The number of carbonyl (C=O) groups is 1. The van der Waals surface area contributed by atoms with Crippen LogP contribution in [0.5, 0.6) is 0 Å². The first-order valence-electron chi connectivity index (χ1n) is 10.6. The summed E-state index contributed by atoms with van der Waals surface area (Å²) in [6.07, 6.45) is 4.59. The van der Waals surface area contributed by atoms with Crippen molar-refractivity contribution in [3.63, 3.8) is 0 Å². The van der Waals surface area contributed by atoms with Crippen molar-refractivity contribution in [1.82, 2.24) is 15.5 Å². The molecular weight excluding hydrogens is 482 g/mol. The normalized spacial score (nSPS) is 22.2. The van der Waals surface area contributed by atoms with Crippen LogP contribution < -0.4 is 10.6 Å². The minimum Gasteiger partial charge on any atom is -0.354 e. The Kier molecular flexibility index (Phi) is 9.17. The second-order valence-corrected chi connectivity index (χ2v) is 7.94. The minimum atomic E-state index is -0.130. The van der Waals surface area contributed by atoms with Gasteiger partial charge in [0.1, 0.15) is 5.82 Å². The average Bonchev–Trinajstić information content (AvgIpc) is 3.48. The molecule has 0 bridgehead atoms. The molecule has 2 unspecified atom stereocenters. The van der Waals surface area contributed by atoms with Crippen LogP contribution in [-0.2, 0) is 4.79 Å².